The van der Waals surface area contributed by atoms with Crippen LogP contribution >= 0.6 is 0 Å². The molecule has 0 fully saturated rings. The van der Waals surface area contributed by atoms with Crippen LogP contribution in [-0.2, 0) is 4.79 Å². The first kappa shape index (κ1) is 14.4. The van der Waals surface area contributed by atoms with Crippen LogP contribution in [0.2, 0.25) is 0 Å². The Morgan fingerprint density at radius 2 is 1.93 bits per heavy atom. The van der Waals surface area contributed by atoms with Crippen LogP contribution in [0.5, 0.6) is 0 Å². The van der Waals surface area contributed by atoms with E-state index in [4.69, 9.17) is 5.73 Å². The van der Waals surface area contributed by atoms with Crippen LogP contribution in [0.4, 0.5) is 0 Å². The zero-order valence-electron chi connectivity index (χ0n) is 10.8. The third-order valence-corrected chi connectivity index (χ3v) is 2.78. The van der Waals surface area contributed by atoms with Crippen molar-refractivity contribution in [2.75, 3.05) is 13.6 Å². The maximum absolute atomic E-state index is 11.8. The van der Waals surface area contributed by atoms with Crippen LogP contribution in [0.25, 0.3) is 0 Å². The van der Waals surface area contributed by atoms with Gasteiger partial charge in [-0.2, -0.15) is 0 Å². The summed E-state index contributed by atoms with van der Waals surface area (Å²) in [5.41, 5.74) is 5.97. The molecule has 0 saturated heterocycles. The van der Waals surface area contributed by atoms with Crippen molar-refractivity contribution in [1.29, 1.82) is 0 Å². The molecule has 1 amide bonds. The van der Waals surface area contributed by atoms with Crippen molar-refractivity contribution < 1.29 is 4.79 Å². The number of amides is 1. The van der Waals surface area contributed by atoms with Crippen molar-refractivity contribution >= 4 is 5.91 Å². The van der Waals surface area contributed by atoms with Gasteiger partial charge in [0.2, 0.25) is 5.91 Å². The zero-order valence-corrected chi connectivity index (χ0v) is 10.8. The number of nitrogens with two attached hydrogens (primary N) is 1. The summed E-state index contributed by atoms with van der Waals surface area (Å²) in [6.45, 7) is 9.16. The van der Waals surface area contributed by atoms with Crippen molar-refractivity contribution in [1.82, 2.24) is 4.90 Å². The van der Waals surface area contributed by atoms with E-state index >= 15 is 0 Å². The highest BCUT2D eigenvalue weighted by atomic mass is 16.2. The van der Waals surface area contributed by atoms with E-state index in [1.807, 2.05) is 7.05 Å². The van der Waals surface area contributed by atoms with Crippen LogP contribution in [0.1, 0.15) is 47.0 Å². The van der Waals surface area contributed by atoms with Crippen LogP contribution < -0.4 is 5.73 Å². The van der Waals surface area contributed by atoms with E-state index in [0.29, 0.717) is 6.42 Å². The Balaban J connectivity index is 4.02. The monoisotopic (exact) mass is 214 g/mol. The fraction of sp³-hybridized carbons (Fsp3) is 0.917. The number of unbranched alkanes of at least 4 members (excludes halogenated alkanes) is 1. The van der Waals surface area contributed by atoms with Gasteiger partial charge in [0.1, 0.15) is 0 Å². The normalized spacial score (nSPS) is 13.7. The number of nitrogens with zero attached hydrogens (tertiary/aromatic N) is 1. The molecule has 0 saturated carbocycles. The standard InChI is InChI=1S/C12H26N2O/c1-6-7-8-14(5)11(15)9-10(13)12(2,3)4/h10H,6-9,13H2,1-5H3. The van der Waals surface area contributed by atoms with Crippen molar-refractivity contribution in [3.63, 3.8) is 0 Å². The lowest BCUT2D eigenvalue weighted by Crippen LogP contribution is -2.40. The van der Waals surface area contributed by atoms with E-state index in [-0.39, 0.29) is 17.4 Å². The molecule has 0 spiro atoms. The Labute approximate surface area is 94.0 Å². The minimum atomic E-state index is -0.0610. The second-order valence-electron chi connectivity index (χ2n) is 5.35. The molecule has 0 aromatic rings. The smallest absolute Gasteiger partial charge is 0.223 e. The highest BCUT2D eigenvalue weighted by Crippen LogP contribution is 2.20. The lowest BCUT2D eigenvalue weighted by molar-refractivity contribution is -0.130. The van der Waals surface area contributed by atoms with Gasteiger partial charge in [-0.15, -0.1) is 0 Å². The second-order valence-corrected chi connectivity index (χ2v) is 5.35. The first-order chi connectivity index (χ1) is 6.79. The van der Waals surface area contributed by atoms with Gasteiger partial charge < -0.3 is 10.6 Å². The molecule has 0 bridgehead atoms. The summed E-state index contributed by atoms with van der Waals surface area (Å²) in [6, 6.07) is -0.0610. The van der Waals surface area contributed by atoms with Gasteiger partial charge in [0.05, 0.1) is 0 Å². The number of carbonyl (C=O) groups excluding carboxylic acids is 1. The summed E-state index contributed by atoms with van der Waals surface area (Å²) in [5, 5.41) is 0. The summed E-state index contributed by atoms with van der Waals surface area (Å²) >= 11 is 0. The van der Waals surface area contributed by atoms with Gasteiger partial charge in [-0.05, 0) is 11.8 Å². The molecular weight excluding hydrogens is 188 g/mol. The summed E-state index contributed by atoms with van der Waals surface area (Å²) in [5.74, 6) is 0.158. The maximum Gasteiger partial charge on any atom is 0.223 e. The Morgan fingerprint density at radius 3 is 2.33 bits per heavy atom. The lowest BCUT2D eigenvalue weighted by atomic mass is 9.85. The van der Waals surface area contributed by atoms with Gasteiger partial charge in [0, 0.05) is 26.1 Å². The summed E-state index contributed by atoms with van der Waals surface area (Å²) in [6.07, 6.45) is 2.62. The van der Waals surface area contributed by atoms with E-state index in [1.54, 1.807) is 4.90 Å². The molecule has 3 nitrogen and oxygen atoms in total. The van der Waals surface area contributed by atoms with Gasteiger partial charge in [0.25, 0.3) is 0 Å². The zero-order chi connectivity index (χ0) is 12.1. The molecule has 0 aliphatic carbocycles. The molecule has 15 heavy (non-hydrogen) atoms. The molecule has 0 aliphatic heterocycles. The summed E-state index contributed by atoms with van der Waals surface area (Å²) in [7, 11) is 1.85. The number of hydrogen-bond donors (Lipinski definition) is 1. The molecule has 0 heterocycles. The van der Waals surface area contributed by atoms with Crippen molar-refractivity contribution in [2.24, 2.45) is 11.1 Å². The number of hydrogen-bond acceptors (Lipinski definition) is 2. The number of rotatable bonds is 5. The largest absolute Gasteiger partial charge is 0.346 e. The molecule has 0 aromatic heterocycles. The molecule has 0 rings (SSSR count). The predicted molar refractivity (Wildman–Crippen MR) is 64.6 cm³/mol. The van der Waals surface area contributed by atoms with Crippen LogP contribution in [-0.4, -0.2) is 30.4 Å². The molecule has 0 aliphatic rings. The third-order valence-electron chi connectivity index (χ3n) is 2.78. The van der Waals surface area contributed by atoms with E-state index < -0.39 is 0 Å². The van der Waals surface area contributed by atoms with Crippen molar-refractivity contribution in [2.45, 2.75) is 53.0 Å². The first-order valence-electron chi connectivity index (χ1n) is 5.78. The fourth-order valence-electron chi connectivity index (χ4n) is 1.17. The first-order valence-corrected chi connectivity index (χ1v) is 5.78. The third kappa shape index (κ3) is 5.78. The topological polar surface area (TPSA) is 46.3 Å². The van der Waals surface area contributed by atoms with Crippen LogP contribution in [0, 0.1) is 5.41 Å². The SMILES string of the molecule is CCCCN(C)C(=O)CC(N)C(C)(C)C. The van der Waals surface area contributed by atoms with Gasteiger partial charge in [-0.1, -0.05) is 34.1 Å². The van der Waals surface area contributed by atoms with Crippen LogP contribution in [0.15, 0.2) is 0 Å². The predicted octanol–water partition coefficient (Wildman–Crippen LogP) is 2.01. The molecular formula is C12H26N2O. The Morgan fingerprint density at radius 1 is 1.40 bits per heavy atom. The van der Waals surface area contributed by atoms with Gasteiger partial charge in [0.15, 0.2) is 0 Å². The Bertz CT molecular complexity index is 196. The highest BCUT2D eigenvalue weighted by molar-refractivity contribution is 5.76. The molecule has 1 unspecified atom stereocenters. The van der Waals surface area contributed by atoms with Gasteiger partial charge in [-0.25, -0.2) is 0 Å². The van der Waals surface area contributed by atoms with Gasteiger partial charge >= 0.3 is 0 Å². The molecule has 0 radical (unpaired) electrons. The quantitative estimate of drug-likeness (QED) is 0.761. The molecule has 0 aromatic carbocycles. The van der Waals surface area contributed by atoms with Crippen molar-refractivity contribution in [3.05, 3.63) is 0 Å². The average molecular weight is 214 g/mol. The summed E-state index contributed by atoms with van der Waals surface area (Å²) < 4.78 is 0. The summed E-state index contributed by atoms with van der Waals surface area (Å²) in [4.78, 5) is 13.5. The molecule has 1 atom stereocenters. The van der Waals surface area contributed by atoms with E-state index in [2.05, 4.69) is 27.7 Å². The Hall–Kier alpha value is -0.570. The molecule has 2 N–H and O–H groups in total. The van der Waals surface area contributed by atoms with Crippen molar-refractivity contribution in [3.8, 4) is 0 Å². The highest BCUT2D eigenvalue weighted by Gasteiger charge is 2.24. The van der Waals surface area contributed by atoms with E-state index in [1.165, 1.54) is 0 Å². The van der Waals surface area contributed by atoms with E-state index in [0.717, 1.165) is 19.4 Å². The van der Waals surface area contributed by atoms with Gasteiger partial charge in [-0.3, -0.25) is 4.79 Å². The fourth-order valence-corrected chi connectivity index (χ4v) is 1.17. The molecule has 3 heteroatoms. The average Bonchev–Trinajstić information content (AvgIpc) is 2.12. The number of carbonyl (C=O) groups is 1. The lowest BCUT2D eigenvalue weighted by Gasteiger charge is -2.28. The minimum Gasteiger partial charge on any atom is -0.346 e. The maximum atomic E-state index is 11.8. The molecule has 90 valence electrons. The van der Waals surface area contributed by atoms with Crippen LogP contribution in [0.3, 0.4) is 0 Å². The minimum absolute atomic E-state index is 0.00125. The van der Waals surface area contributed by atoms with E-state index in [9.17, 15) is 4.79 Å². The second kappa shape index (κ2) is 6.11. The Kier molecular flexibility index (Phi) is 5.88.